The average molecular weight is 248 g/mol. The Morgan fingerprint density at radius 2 is 2.22 bits per heavy atom. The standard InChI is InChI=1S/C12H12N2O4/c1-18-12(15)5-7-13-6-4-9-8-10(14(16)17)2-3-11(9)13/h2-4,6,8H,5,7H2,1H3. The van der Waals surface area contributed by atoms with E-state index in [9.17, 15) is 14.9 Å². The summed E-state index contributed by atoms with van der Waals surface area (Å²) in [5, 5.41) is 11.4. The number of fused-ring (bicyclic) bond motifs is 1. The first kappa shape index (κ1) is 12.1. The highest BCUT2D eigenvalue weighted by Crippen LogP contribution is 2.22. The summed E-state index contributed by atoms with van der Waals surface area (Å²) in [4.78, 5) is 21.3. The first-order valence-electron chi connectivity index (χ1n) is 5.42. The Kier molecular flexibility index (Phi) is 3.27. The molecule has 94 valence electrons. The lowest BCUT2D eigenvalue weighted by Gasteiger charge is -2.04. The van der Waals surface area contributed by atoms with E-state index in [1.165, 1.54) is 19.2 Å². The number of nitro groups is 1. The number of nitrogens with zero attached hydrogens (tertiary/aromatic N) is 2. The molecule has 0 unspecified atom stereocenters. The molecule has 0 fully saturated rings. The van der Waals surface area contributed by atoms with Crippen molar-refractivity contribution in [2.45, 2.75) is 13.0 Å². The number of hydrogen-bond donors (Lipinski definition) is 0. The summed E-state index contributed by atoms with van der Waals surface area (Å²) in [5.41, 5.74) is 0.928. The van der Waals surface area contributed by atoms with E-state index in [1.54, 1.807) is 18.3 Å². The first-order chi connectivity index (χ1) is 8.61. The van der Waals surface area contributed by atoms with Gasteiger partial charge in [0, 0.05) is 35.8 Å². The maximum atomic E-state index is 11.1. The van der Waals surface area contributed by atoms with Crippen LogP contribution in [0, 0.1) is 10.1 Å². The lowest BCUT2D eigenvalue weighted by molar-refractivity contribution is -0.384. The number of rotatable bonds is 4. The number of carbonyl (C=O) groups is 1. The third-order valence-electron chi connectivity index (χ3n) is 2.75. The van der Waals surface area contributed by atoms with Gasteiger partial charge in [0.2, 0.25) is 0 Å². The molecule has 0 radical (unpaired) electrons. The maximum absolute atomic E-state index is 11.1. The van der Waals surface area contributed by atoms with Gasteiger partial charge in [-0.1, -0.05) is 0 Å². The minimum atomic E-state index is -0.425. The summed E-state index contributed by atoms with van der Waals surface area (Å²) in [6, 6.07) is 6.45. The molecular weight excluding hydrogens is 236 g/mol. The van der Waals surface area contributed by atoms with Crippen molar-refractivity contribution in [2.75, 3.05) is 7.11 Å². The van der Waals surface area contributed by atoms with E-state index in [-0.39, 0.29) is 18.1 Å². The topological polar surface area (TPSA) is 74.4 Å². The molecule has 0 aliphatic rings. The number of methoxy groups -OCH3 is 1. The van der Waals surface area contributed by atoms with Gasteiger partial charge in [-0.15, -0.1) is 0 Å². The largest absolute Gasteiger partial charge is 0.469 e. The van der Waals surface area contributed by atoms with Crippen molar-refractivity contribution in [1.82, 2.24) is 4.57 Å². The summed E-state index contributed by atoms with van der Waals surface area (Å²) < 4.78 is 6.44. The SMILES string of the molecule is COC(=O)CCn1ccc2cc([N+](=O)[O-])ccc21. The lowest BCUT2D eigenvalue weighted by Crippen LogP contribution is -2.06. The second kappa shape index (κ2) is 4.87. The highest BCUT2D eigenvalue weighted by atomic mass is 16.6. The van der Waals surface area contributed by atoms with E-state index < -0.39 is 4.92 Å². The normalized spacial score (nSPS) is 10.5. The number of hydrogen-bond acceptors (Lipinski definition) is 4. The molecule has 2 rings (SSSR count). The molecule has 0 atom stereocenters. The van der Waals surface area contributed by atoms with Crippen molar-refractivity contribution in [3.8, 4) is 0 Å². The number of benzene rings is 1. The predicted molar refractivity (Wildman–Crippen MR) is 65.2 cm³/mol. The molecule has 6 heteroatoms. The molecule has 0 saturated carbocycles. The zero-order valence-electron chi connectivity index (χ0n) is 9.83. The first-order valence-corrected chi connectivity index (χ1v) is 5.42. The molecule has 1 aromatic heterocycles. The second-order valence-electron chi connectivity index (χ2n) is 3.84. The van der Waals surface area contributed by atoms with Gasteiger partial charge < -0.3 is 9.30 Å². The van der Waals surface area contributed by atoms with Gasteiger partial charge in [0.15, 0.2) is 0 Å². The van der Waals surface area contributed by atoms with Crippen molar-refractivity contribution in [3.63, 3.8) is 0 Å². The zero-order chi connectivity index (χ0) is 13.1. The van der Waals surface area contributed by atoms with E-state index >= 15 is 0 Å². The number of non-ortho nitro benzene ring substituents is 1. The molecule has 2 aromatic rings. The zero-order valence-corrected chi connectivity index (χ0v) is 9.83. The minimum absolute atomic E-state index is 0.0632. The number of aryl methyl sites for hydroxylation is 1. The van der Waals surface area contributed by atoms with Crippen molar-refractivity contribution in [2.24, 2.45) is 0 Å². The summed E-state index contributed by atoms with van der Waals surface area (Å²) >= 11 is 0. The summed E-state index contributed by atoms with van der Waals surface area (Å²) in [6.07, 6.45) is 2.08. The van der Waals surface area contributed by atoms with Crippen molar-refractivity contribution >= 4 is 22.6 Å². The molecule has 18 heavy (non-hydrogen) atoms. The van der Waals surface area contributed by atoms with Crippen LogP contribution in [0.2, 0.25) is 0 Å². The van der Waals surface area contributed by atoms with Crippen LogP contribution in [0.1, 0.15) is 6.42 Å². The quantitative estimate of drug-likeness (QED) is 0.472. The number of ether oxygens (including phenoxy) is 1. The highest BCUT2D eigenvalue weighted by Gasteiger charge is 2.09. The van der Waals surface area contributed by atoms with Gasteiger partial charge in [-0.3, -0.25) is 14.9 Å². The average Bonchev–Trinajstić information content (AvgIpc) is 2.78. The van der Waals surface area contributed by atoms with Crippen LogP contribution in [-0.2, 0) is 16.1 Å². The Hall–Kier alpha value is -2.37. The number of carbonyl (C=O) groups excluding carboxylic acids is 1. The molecular formula is C12H12N2O4. The van der Waals surface area contributed by atoms with Crippen molar-refractivity contribution in [1.29, 1.82) is 0 Å². The molecule has 0 amide bonds. The highest BCUT2D eigenvalue weighted by molar-refractivity contribution is 5.82. The van der Waals surface area contributed by atoms with E-state index in [1.807, 2.05) is 4.57 Å². The van der Waals surface area contributed by atoms with Crippen LogP contribution >= 0.6 is 0 Å². The van der Waals surface area contributed by atoms with Gasteiger partial charge in [0.05, 0.1) is 18.5 Å². The van der Waals surface area contributed by atoms with E-state index in [0.29, 0.717) is 6.54 Å². The van der Waals surface area contributed by atoms with Gasteiger partial charge in [0.25, 0.3) is 5.69 Å². The summed E-state index contributed by atoms with van der Waals surface area (Å²) in [6.45, 7) is 0.494. The van der Waals surface area contributed by atoms with Crippen LogP contribution in [0.4, 0.5) is 5.69 Å². The van der Waals surface area contributed by atoms with Crippen LogP contribution in [0.5, 0.6) is 0 Å². The van der Waals surface area contributed by atoms with Crippen LogP contribution in [0.25, 0.3) is 10.9 Å². The molecule has 1 aromatic carbocycles. The van der Waals surface area contributed by atoms with Gasteiger partial charge in [-0.2, -0.15) is 0 Å². The third-order valence-corrected chi connectivity index (χ3v) is 2.75. The molecule has 1 heterocycles. The van der Waals surface area contributed by atoms with Crippen molar-refractivity contribution in [3.05, 3.63) is 40.6 Å². The Balaban J connectivity index is 2.26. The number of nitro benzene ring substituents is 1. The van der Waals surface area contributed by atoms with Crippen molar-refractivity contribution < 1.29 is 14.5 Å². The van der Waals surface area contributed by atoms with Gasteiger partial charge >= 0.3 is 5.97 Å². The van der Waals surface area contributed by atoms with Gasteiger partial charge in [-0.25, -0.2) is 0 Å². The number of esters is 1. The Morgan fingerprint density at radius 3 is 2.89 bits per heavy atom. The smallest absolute Gasteiger partial charge is 0.307 e. The summed E-state index contributed by atoms with van der Waals surface area (Å²) in [5.74, 6) is -0.279. The molecule has 0 aliphatic heterocycles. The van der Waals surface area contributed by atoms with Crippen LogP contribution in [0.3, 0.4) is 0 Å². The summed E-state index contributed by atoms with van der Waals surface area (Å²) in [7, 11) is 1.35. The van der Waals surface area contributed by atoms with E-state index in [4.69, 9.17) is 0 Å². The fourth-order valence-electron chi connectivity index (χ4n) is 1.81. The Morgan fingerprint density at radius 1 is 1.44 bits per heavy atom. The molecule has 0 spiro atoms. The molecule has 6 nitrogen and oxygen atoms in total. The maximum Gasteiger partial charge on any atom is 0.307 e. The third kappa shape index (κ3) is 2.32. The Bertz CT molecular complexity index is 603. The monoisotopic (exact) mass is 248 g/mol. The molecule has 0 aliphatic carbocycles. The minimum Gasteiger partial charge on any atom is -0.469 e. The van der Waals surface area contributed by atoms with Crippen LogP contribution in [0.15, 0.2) is 30.5 Å². The van der Waals surface area contributed by atoms with E-state index in [0.717, 1.165) is 10.9 Å². The molecule has 0 bridgehead atoms. The Labute approximate surface area is 103 Å². The fraction of sp³-hybridized carbons (Fsp3) is 0.250. The molecule has 0 saturated heterocycles. The fourth-order valence-corrected chi connectivity index (χ4v) is 1.81. The van der Waals surface area contributed by atoms with E-state index in [2.05, 4.69) is 4.74 Å². The van der Waals surface area contributed by atoms with Gasteiger partial charge in [0.1, 0.15) is 0 Å². The predicted octanol–water partition coefficient (Wildman–Crippen LogP) is 2.11. The van der Waals surface area contributed by atoms with Crippen LogP contribution in [-0.4, -0.2) is 22.6 Å². The number of aromatic nitrogens is 1. The molecule has 0 N–H and O–H groups in total. The lowest BCUT2D eigenvalue weighted by atomic mass is 10.2. The van der Waals surface area contributed by atoms with Crippen LogP contribution < -0.4 is 0 Å². The van der Waals surface area contributed by atoms with Gasteiger partial charge in [-0.05, 0) is 12.1 Å². The second-order valence-corrected chi connectivity index (χ2v) is 3.84.